The van der Waals surface area contributed by atoms with Gasteiger partial charge in [-0.25, -0.2) is 0 Å². The summed E-state index contributed by atoms with van der Waals surface area (Å²) in [6.45, 7) is 6.89. The van der Waals surface area contributed by atoms with Gasteiger partial charge in [-0.2, -0.15) is 0 Å². The lowest BCUT2D eigenvalue weighted by Gasteiger charge is -2.31. The van der Waals surface area contributed by atoms with Crippen molar-refractivity contribution in [3.63, 3.8) is 0 Å². The summed E-state index contributed by atoms with van der Waals surface area (Å²) in [5, 5.41) is 3.55. The fourth-order valence-electron chi connectivity index (χ4n) is 3.27. The number of benzene rings is 2. The number of anilines is 1. The Morgan fingerprint density at radius 1 is 0.967 bits per heavy atom. The predicted octanol–water partition coefficient (Wildman–Crippen LogP) is 6.08. The van der Waals surface area contributed by atoms with Crippen LogP contribution in [0.1, 0.15) is 63.1 Å². The average Bonchev–Trinajstić information content (AvgIpc) is 2.75. The van der Waals surface area contributed by atoms with Crippen LogP contribution in [0.3, 0.4) is 0 Å². The molecule has 0 aromatic heterocycles. The Labute approximate surface area is 189 Å². The normalized spacial score (nSPS) is 11.9. The van der Waals surface area contributed by atoms with Crippen LogP contribution in [0.25, 0.3) is 0 Å². The topological polar surface area (TPSA) is 49.4 Å². The van der Waals surface area contributed by atoms with Crippen molar-refractivity contribution in [3.05, 3.63) is 64.7 Å². The van der Waals surface area contributed by atoms with E-state index in [1.165, 1.54) is 4.90 Å². The molecule has 30 heavy (non-hydrogen) atoms. The molecule has 0 aliphatic heterocycles. The molecule has 4 nitrogen and oxygen atoms in total. The van der Waals surface area contributed by atoms with Gasteiger partial charge in [0, 0.05) is 17.3 Å². The van der Waals surface area contributed by atoms with E-state index >= 15 is 0 Å². The number of carbonyl (C=O) groups is 2. The Kier molecular flexibility index (Phi) is 9.67. The fourth-order valence-corrected chi connectivity index (χ4v) is 3.52. The van der Waals surface area contributed by atoms with Gasteiger partial charge in [0.25, 0.3) is 0 Å². The zero-order valence-electron chi connectivity index (χ0n) is 17.8. The lowest BCUT2D eigenvalue weighted by atomic mass is 10.0. The molecule has 0 heterocycles. The summed E-state index contributed by atoms with van der Waals surface area (Å²) in [5.74, 6) is -0.429. The first-order chi connectivity index (χ1) is 14.4. The van der Waals surface area contributed by atoms with E-state index in [-0.39, 0.29) is 17.7 Å². The summed E-state index contributed by atoms with van der Waals surface area (Å²) in [5.41, 5.74) is 2.47. The monoisotopic (exact) mass is 448 g/mol. The van der Waals surface area contributed by atoms with Crippen LogP contribution < -0.4 is 10.2 Å². The summed E-state index contributed by atoms with van der Waals surface area (Å²) in [6, 6.07) is 13.9. The summed E-state index contributed by atoms with van der Waals surface area (Å²) in [7, 11) is 0. The summed E-state index contributed by atoms with van der Waals surface area (Å²) < 4.78 is 0. The van der Waals surface area contributed by atoms with Crippen molar-refractivity contribution in [1.29, 1.82) is 0 Å². The van der Waals surface area contributed by atoms with E-state index in [0.717, 1.165) is 24.8 Å². The van der Waals surface area contributed by atoms with E-state index in [4.69, 9.17) is 23.2 Å². The lowest BCUT2D eigenvalue weighted by molar-refractivity contribution is -0.125. The van der Waals surface area contributed by atoms with Crippen LogP contribution in [0, 0.1) is 0 Å². The lowest BCUT2D eigenvalue weighted by Crippen LogP contribution is -2.44. The van der Waals surface area contributed by atoms with Gasteiger partial charge < -0.3 is 5.32 Å². The molecule has 6 heteroatoms. The SMILES string of the molecule is CCCCCNC(=O)C(c1ccc(Cl)cc1)N(C(=O)CCl)c1ccc(C(C)C)cc1. The Bertz CT molecular complexity index is 820. The first-order valence-corrected chi connectivity index (χ1v) is 11.3. The number of halogens is 2. The third kappa shape index (κ3) is 6.48. The van der Waals surface area contributed by atoms with Crippen LogP contribution in [0.4, 0.5) is 5.69 Å². The number of alkyl halides is 1. The van der Waals surface area contributed by atoms with Gasteiger partial charge in [-0.1, -0.05) is 69.5 Å². The first-order valence-electron chi connectivity index (χ1n) is 10.4. The third-order valence-corrected chi connectivity index (χ3v) is 5.47. The second-order valence-electron chi connectivity index (χ2n) is 7.60. The minimum Gasteiger partial charge on any atom is -0.354 e. The van der Waals surface area contributed by atoms with Gasteiger partial charge in [-0.05, 0) is 47.7 Å². The van der Waals surface area contributed by atoms with Gasteiger partial charge in [-0.15, -0.1) is 11.6 Å². The molecule has 0 aliphatic carbocycles. The molecular formula is C24H30Cl2N2O2. The van der Waals surface area contributed by atoms with Gasteiger partial charge in [0.1, 0.15) is 11.9 Å². The molecule has 1 unspecified atom stereocenters. The summed E-state index contributed by atoms with van der Waals surface area (Å²) in [4.78, 5) is 27.6. The number of carbonyl (C=O) groups excluding carboxylic acids is 2. The number of amides is 2. The number of nitrogens with one attached hydrogen (secondary N) is 1. The van der Waals surface area contributed by atoms with E-state index in [2.05, 4.69) is 26.1 Å². The molecular weight excluding hydrogens is 419 g/mol. The van der Waals surface area contributed by atoms with Crippen LogP contribution in [-0.4, -0.2) is 24.2 Å². The highest BCUT2D eigenvalue weighted by Crippen LogP contribution is 2.30. The van der Waals surface area contributed by atoms with Crippen molar-refractivity contribution in [3.8, 4) is 0 Å². The van der Waals surface area contributed by atoms with Gasteiger partial charge >= 0.3 is 0 Å². The smallest absolute Gasteiger partial charge is 0.247 e. The maximum Gasteiger partial charge on any atom is 0.247 e. The van der Waals surface area contributed by atoms with Crippen molar-refractivity contribution < 1.29 is 9.59 Å². The van der Waals surface area contributed by atoms with Gasteiger partial charge in [-0.3, -0.25) is 14.5 Å². The number of unbranched alkanes of at least 4 members (excludes halogenated alkanes) is 2. The molecule has 0 bridgehead atoms. The summed E-state index contributed by atoms with van der Waals surface area (Å²) in [6.07, 6.45) is 2.99. The number of rotatable bonds is 10. The fraction of sp³-hybridized carbons (Fsp3) is 0.417. The number of hydrogen-bond acceptors (Lipinski definition) is 2. The molecule has 2 aromatic carbocycles. The molecule has 2 aromatic rings. The maximum atomic E-state index is 13.2. The van der Waals surface area contributed by atoms with E-state index < -0.39 is 6.04 Å². The standard InChI is InChI=1S/C24H30Cl2N2O2/c1-4-5-6-15-27-24(30)23(19-7-11-20(26)12-8-19)28(22(29)16-25)21-13-9-18(10-14-21)17(2)3/h7-14,17,23H,4-6,15-16H2,1-3H3,(H,27,30). The van der Waals surface area contributed by atoms with Crippen LogP contribution in [-0.2, 0) is 9.59 Å². The Hall–Kier alpha value is -2.04. The van der Waals surface area contributed by atoms with E-state index in [0.29, 0.717) is 28.7 Å². The molecule has 162 valence electrons. The van der Waals surface area contributed by atoms with Crippen LogP contribution >= 0.6 is 23.2 Å². The van der Waals surface area contributed by atoms with Crippen molar-refractivity contribution in [2.45, 2.75) is 52.0 Å². The Morgan fingerprint density at radius 2 is 1.57 bits per heavy atom. The molecule has 2 amide bonds. The highest BCUT2D eigenvalue weighted by molar-refractivity contribution is 6.30. The quantitative estimate of drug-likeness (QED) is 0.353. The van der Waals surface area contributed by atoms with Crippen LogP contribution in [0.5, 0.6) is 0 Å². The second kappa shape index (κ2) is 12.0. The molecule has 0 radical (unpaired) electrons. The second-order valence-corrected chi connectivity index (χ2v) is 8.30. The van der Waals surface area contributed by atoms with Gasteiger partial charge in [0.15, 0.2) is 0 Å². The zero-order valence-corrected chi connectivity index (χ0v) is 19.3. The summed E-state index contributed by atoms with van der Waals surface area (Å²) >= 11 is 12.0. The Morgan fingerprint density at radius 3 is 2.10 bits per heavy atom. The van der Waals surface area contributed by atoms with Gasteiger partial charge in [0.05, 0.1) is 0 Å². The molecule has 2 rings (SSSR count). The van der Waals surface area contributed by atoms with Crippen molar-refractivity contribution in [1.82, 2.24) is 5.32 Å². The maximum absolute atomic E-state index is 13.2. The predicted molar refractivity (Wildman–Crippen MR) is 125 cm³/mol. The highest BCUT2D eigenvalue weighted by Gasteiger charge is 2.32. The molecule has 1 N–H and O–H groups in total. The van der Waals surface area contributed by atoms with E-state index in [9.17, 15) is 9.59 Å². The van der Waals surface area contributed by atoms with E-state index in [1.807, 2.05) is 24.3 Å². The Balaban J connectivity index is 2.44. The molecule has 1 atom stereocenters. The number of nitrogens with zero attached hydrogens (tertiary/aromatic N) is 1. The molecule has 0 saturated heterocycles. The molecule has 0 saturated carbocycles. The first kappa shape index (κ1) is 24.2. The highest BCUT2D eigenvalue weighted by atomic mass is 35.5. The minimum absolute atomic E-state index is 0.223. The average molecular weight is 449 g/mol. The minimum atomic E-state index is -0.833. The largest absolute Gasteiger partial charge is 0.354 e. The van der Waals surface area contributed by atoms with Crippen molar-refractivity contribution in [2.24, 2.45) is 0 Å². The number of hydrogen-bond donors (Lipinski definition) is 1. The zero-order chi connectivity index (χ0) is 22.1. The van der Waals surface area contributed by atoms with Crippen molar-refractivity contribution in [2.75, 3.05) is 17.3 Å². The van der Waals surface area contributed by atoms with Crippen LogP contribution in [0.2, 0.25) is 5.02 Å². The van der Waals surface area contributed by atoms with Crippen LogP contribution in [0.15, 0.2) is 48.5 Å². The molecule has 0 spiro atoms. The molecule has 0 aliphatic rings. The molecule has 0 fully saturated rings. The third-order valence-electron chi connectivity index (χ3n) is 4.99. The van der Waals surface area contributed by atoms with E-state index in [1.54, 1.807) is 24.3 Å². The van der Waals surface area contributed by atoms with Crippen molar-refractivity contribution >= 4 is 40.7 Å². The van der Waals surface area contributed by atoms with Gasteiger partial charge in [0.2, 0.25) is 11.8 Å².